The Hall–Kier alpha value is -3.29. The lowest BCUT2D eigenvalue weighted by Gasteiger charge is -2.38. The van der Waals surface area contributed by atoms with E-state index in [-0.39, 0.29) is 43.1 Å². The van der Waals surface area contributed by atoms with Crippen molar-refractivity contribution in [2.45, 2.75) is 64.9 Å². The molecule has 0 unspecified atom stereocenters. The van der Waals surface area contributed by atoms with Crippen LogP contribution in [0.1, 0.15) is 70.1 Å². The molecule has 1 aliphatic carbocycles. The molecule has 248 valence electrons. The number of halogens is 1. The third-order valence-corrected chi connectivity index (χ3v) is 9.85. The first-order valence-electron chi connectivity index (χ1n) is 15.8. The molecule has 4 N–H and O–H groups in total. The zero-order valence-electron chi connectivity index (χ0n) is 26.5. The molecule has 2 heterocycles. The standard InChI is InChI=1S/C35H43IN2O8/c1-20(2)23-18-24-32(35(45)38(34(24)44)14-8-4-5-10-30(41)42)25(19-39)31(23)28(40)12-11-22(27-9-6-7-13-37-27)15-21-16-26(36)33(43)29(17-21)46-3/h6-7,9,13,15-17,20,24-25,28,32,39-40,43H,4-5,8,10-12,14,18-19H2,1-3H3,(H,41,42)/b22-15-/t24-,25+,28-,32-/m1/s1. The Balaban J connectivity index is 1.59. The number of aromatic hydroxyl groups is 1. The van der Waals surface area contributed by atoms with Gasteiger partial charge in [0.1, 0.15) is 0 Å². The summed E-state index contributed by atoms with van der Waals surface area (Å²) in [7, 11) is 1.49. The lowest BCUT2D eigenvalue weighted by atomic mass is 9.66. The highest BCUT2D eigenvalue weighted by Gasteiger charge is 2.54. The summed E-state index contributed by atoms with van der Waals surface area (Å²) in [4.78, 5) is 43.8. The molecule has 0 saturated carbocycles. The number of carboxylic acids is 1. The van der Waals surface area contributed by atoms with E-state index in [1.807, 2.05) is 66.8 Å². The van der Waals surface area contributed by atoms with E-state index in [0.29, 0.717) is 53.4 Å². The van der Waals surface area contributed by atoms with Crippen LogP contribution in [0.15, 0.2) is 47.7 Å². The van der Waals surface area contributed by atoms with Gasteiger partial charge >= 0.3 is 5.97 Å². The summed E-state index contributed by atoms with van der Waals surface area (Å²) in [6.07, 6.45) is 5.37. The lowest BCUT2D eigenvalue weighted by molar-refractivity contribution is -0.141. The summed E-state index contributed by atoms with van der Waals surface area (Å²) in [6, 6.07) is 9.17. The second-order valence-electron chi connectivity index (χ2n) is 12.3. The summed E-state index contributed by atoms with van der Waals surface area (Å²) in [5, 5.41) is 41.6. The van der Waals surface area contributed by atoms with Crippen molar-refractivity contribution >= 4 is 52.0 Å². The van der Waals surface area contributed by atoms with Gasteiger partial charge in [0, 0.05) is 25.1 Å². The number of allylic oxidation sites excluding steroid dienone is 2. The molecule has 11 heteroatoms. The average Bonchev–Trinajstić information content (AvgIpc) is 3.27. The Morgan fingerprint density at radius 2 is 1.91 bits per heavy atom. The smallest absolute Gasteiger partial charge is 0.303 e. The number of amides is 2. The van der Waals surface area contributed by atoms with Crippen molar-refractivity contribution in [2.75, 3.05) is 20.3 Å². The molecule has 0 bridgehead atoms. The van der Waals surface area contributed by atoms with Crippen molar-refractivity contribution in [2.24, 2.45) is 23.7 Å². The number of unbranched alkanes of at least 4 members (excludes halogenated alkanes) is 2. The van der Waals surface area contributed by atoms with Gasteiger partial charge in [-0.15, -0.1) is 0 Å². The van der Waals surface area contributed by atoms with Gasteiger partial charge in [0.25, 0.3) is 0 Å². The van der Waals surface area contributed by atoms with E-state index in [1.165, 1.54) is 12.0 Å². The number of phenols is 1. The first kappa shape index (κ1) is 35.6. The van der Waals surface area contributed by atoms with Crippen LogP contribution in [0.4, 0.5) is 0 Å². The van der Waals surface area contributed by atoms with Crippen molar-refractivity contribution < 1.29 is 39.5 Å². The first-order chi connectivity index (χ1) is 22.0. The van der Waals surface area contributed by atoms with E-state index in [4.69, 9.17) is 9.84 Å². The van der Waals surface area contributed by atoms with Gasteiger partial charge in [-0.1, -0.05) is 31.9 Å². The Labute approximate surface area is 283 Å². The van der Waals surface area contributed by atoms with Gasteiger partial charge in [-0.25, -0.2) is 0 Å². The molecule has 1 aromatic carbocycles. The molecule has 1 saturated heterocycles. The van der Waals surface area contributed by atoms with Gasteiger partial charge in [-0.05, 0) is 108 Å². The van der Waals surface area contributed by atoms with E-state index < -0.39 is 29.8 Å². The van der Waals surface area contributed by atoms with Gasteiger partial charge in [-0.3, -0.25) is 24.3 Å². The highest BCUT2D eigenvalue weighted by Crippen LogP contribution is 2.48. The van der Waals surface area contributed by atoms with Gasteiger partial charge in [0.2, 0.25) is 11.8 Å². The van der Waals surface area contributed by atoms with Crippen LogP contribution in [0.2, 0.25) is 0 Å². The Kier molecular flexibility index (Phi) is 12.4. The molecule has 46 heavy (non-hydrogen) atoms. The van der Waals surface area contributed by atoms with Crippen molar-refractivity contribution in [1.29, 1.82) is 0 Å². The number of aliphatic hydroxyl groups excluding tert-OH is 2. The number of methoxy groups -OCH3 is 1. The SMILES string of the molecule is COc1cc(/C=C(/CC[C@@H](O)C2=C(C(C)C)C[C@H]3C(=O)N(CCCCCC(=O)O)C(=O)[C@H]3[C@H]2CO)c2ccccn2)cc(I)c1O. The van der Waals surface area contributed by atoms with Crippen LogP contribution in [0.5, 0.6) is 11.5 Å². The summed E-state index contributed by atoms with van der Waals surface area (Å²) < 4.78 is 5.97. The predicted molar refractivity (Wildman–Crippen MR) is 182 cm³/mol. The molecule has 2 aromatic rings. The molecular weight excluding hydrogens is 703 g/mol. The second-order valence-corrected chi connectivity index (χ2v) is 13.4. The molecule has 0 spiro atoms. The van der Waals surface area contributed by atoms with E-state index in [9.17, 15) is 29.7 Å². The van der Waals surface area contributed by atoms with E-state index in [0.717, 1.165) is 22.4 Å². The van der Waals surface area contributed by atoms with Crippen LogP contribution in [-0.2, 0) is 14.4 Å². The second kappa shape index (κ2) is 16.0. The number of likely N-dealkylation sites (tertiary alicyclic amines) is 1. The van der Waals surface area contributed by atoms with Crippen molar-refractivity contribution in [1.82, 2.24) is 9.88 Å². The maximum Gasteiger partial charge on any atom is 0.303 e. The third kappa shape index (κ3) is 7.98. The fourth-order valence-electron chi connectivity index (χ4n) is 6.76. The number of phenolic OH excluding ortho intramolecular Hbond substituents is 1. The number of aliphatic hydroxyl groups is 2. The number of aromatic nitrogens is 1. The van der Waals surface area contributed by atoms with E-state index in [2.05, 4.69) is 4.98 Å². The molecule has 1 aromatic heterocycles. The molecule has 2 aliphatic rings. The quantitative estimate of drug-likeness (QED) is 0.0823. The minimum absolute atomic E-state index is 0.00930. The van der Waals surface area contributed by atoms with Crippen LogP contribution in [0, 0.1) is 27.2 Å². The zero-order chi connectivity index (χ0) is 33.5. The van der Waals surface area contributed by atoms with E-state index >= 15 is 0 Å². The number of rotatable bonds is 15. The van der Waals surface area contributed by atoms with Gasteiger partial charge in [-0.2, -0.15) is 0 Å². The number of hydrogen-bond donors (Lipinski definition) is 4. The van der Waals surface area contributed by atoms with Crippen molar-refractivity contribution in [3.8, 4) is 11.5 Å². The molecule has 4 atom stereocenters. The molecule has 10 nitrogen and oxygen atoms in total. The summed E-state index contributed by atoms with van der Waals surface area (Å²) in [6.45, 7) is 3.84. The van der Waals surface area contributed by atoms with Crippen LogP contribution >= 0.6 is 22.6 Å². The maximum absolute atomic E-state index is 13.6. The molecule has 2 amide bonds. The Morgan fingerprint density at radius 3 is 2.54 bits per heavy atom. The number of carbonyl (C=O) groups is 3. The Morgan fingerprint density at radius 1 is 1.15 bits per heavy atom. The largest absolute Gasteiger partial charge is 0.504 e. The number of hydrogen-bond acceptors (Lipinski definition) is 8. The minimum atomic E-state index is -0.968. The number of carbonyl (C=O) groups excluding carboxylic acids is 2. The third-order valence-electron chi connectivity index (χ3n) is 9.03. The van der Waals surface area contributed by atoms with Crippen molar-refractivity contribution in [3.63, 3.8) is 0 Å². The van der Waals surface area contributed by atoms with Crippen molar-refractivity contribution in [3.05, 3.63) is 62.5 Å². The topological polar surface area (TPSA) is 157 Å². The number of carboxylic acid groups (broad SMARTS) is 1. The fourth-order valence-corrected chi connectivity index (χ4v) is 7.39. The first-order valence-corrected chi connectivity index (χ1v) is 16.8. The highest BCUT2D eigenvalue weighted by molar-refractivity contribution is 14.1. The Bertz CT molecular complexity index is 1490. The van der Waals surface area contributed by atoms with Crippen LogP contribution in [0.3, 0.4) is 0 Å². The number of imide groups is 1. The average molecular weight is 747 g/mol. The van der Waals surface area contributed by atoms with Gasteiger partial charge in [0.05, 0.1) is 40.9 Å². The van der Waals surface area contributed by atoms with E-state index in [1.54, 1.807) is 12.3 Å². The molecule has 1 fully saturated rings. The number of aliphatic carboxylic acids is 1. The number of fused-ring (bicyclic) bond motifs is 1. The van der Waals surface area contributed by atoms with Gasteiger partial charge < -0.3 is 25.2 Å². The number of pyridine rings is 1. The molecule has 4 rings (SSSR count). The number of ether oxygens (including phenoxy) is 1. The number of nitrogens with zero attached hydrogens (tertiary/aromatic N) is 2. The molecular formula is C35H43IN2O8. The maximum atomic E-state index is 13.6. The molecule has 1 aliphatic heterocycles. The van der Waals surface area contributed by atoms with Gasteiger partial charge in [0.15, 0.2) is 11.5 Å². The minimum Gasteiger partial charge on any atom is -0.504 e. The van der Waals surface area contributed by atoms with Crippen LogP contribution < -0.4 is 4.74 Å². The monoisotopic (exact) mass is 746 g/mol. The lowest BCUT2D eigenvalue weighted by Crippen LogP contribution is -2.40. The van der Waals surface area contributed by atoms with Crippen LogP contribution in [0.25, 0.3) is 11.6 Å². The summed E-state index contributed by atoms with van der Waals surface area (Å²) in [5.41, 5.74) is 3.92. The number of benzene rings is 1. The highest BCUT2D eigenvalue weighted by atomic mass is 127. The molecule has 0 radical (unpaired) electrons. The fraction of sp³-hybridized carbons (Fsp3) is 0.486. The predicted octanol–water partition coefficient (Wildman–Crippen LogP) is 5.29. The normalized spacial score (nSPS) is 20.8. The summed E-state index contributed by atoms with van der Waals surface area (Å²) >= 11 is 2.05. The van der Waals surface area contributed by atoms with Crippen LogP contribution in [-0.4, -0.2) is 74.5 Å². The zero-order valence-corrected chi connectivity index (χ0v) is 28.6. The summed E-state index contributed by atoms with van der Waals surface area (Å²) in [5.74, 6) is -3.09.